The number of benzene rings is 1. The molecule has 2 aliphatic heterocycles. The second-order valence-corrected chi connectivity index (χ2v) is 8.80. The molecule has 1 unspecified atom stereocenters. The van der Waals surface area contributed by atoms with Gasteiger partial charge >= 0.3 is 6.03 Å². The number of carbonyl (C=O) groups is 2. The third-order valence-corrected chi connectivity index (χ3v) is 6.12. The Kier molecular flexibility index (Phi) is 7.64. The highest BCUT2D eigenvalue weighted by Gasteiger charge is 2.41. The number of hydrogen-bond acceptors (Lipinski definition) is 5. The number of amides is 3. The molecule has 0 aromatic heterocycles. The summed E-state index contributed by atoms with van der Waals surface area (Å²) in [6, 6.07) is 5.45. The van der Waals surface area contributed by atoms with Gasteiger partial charge in [0.15, 0.2) is 0 Å². The van der Waals surface area contributed by atoms with Crippen molar-refractivity contribution in [3.63, 3.8) is 0 Å². The predicted molar refractivity (Wildman–Crippen MR) is 119 cm³/mol. The van der Waals surface area contributed by atoms with Crippen molar-refractivity contribution in [2.45, 2.75) is 57.6 Å². The highest BCUT2D eigenvalue weighted by Crippen LogP contribution is 2.39. The third-order valence-electron chi connectivity index (χ3n) is 6.12. The monoisotopic (exact) mass is 433 g/mol. The van der Waals surface area contributed by atoms with Crippen LogP contribution >= 0.6 is 0 Å². The Labute approximate surface area is 184 Å². The van der Waals surface area contributed by atoms with Gasteiger partial charge in [0, 0.05) is 38.2 Å². The van der Waals surface area contributed by atoms with Crippen LogP contribution in [0.3, 0.4) is 0 Å². The first-order valence-electron chi connectivity index (χ1n) is 11.1. The predicted octanol–water partition coefficient (Wildman–Crippen LogP) is 3.41. The van der Waals surface area contributed by atoms with E-state index in [0.717, 1.165) is 25.7 Å². The van der Waals surface area contributed by atoms with Crippen LogP contribution in [-0.2, 0) is 9.53 Å². The van der Waals surface area contributed by atoms with E-state index < -0.39 is 0 Å². The maximum atomic E-state index is 12.8. The van der Waals surface area contributed by atoms with Crippen molar-refractivity contribution in [2.75, 3.05) is 39.2 Å². The lowest BCUT2D eigenvalue weighted by Crippen LogP contribution is -2.53. The molecule has 3 amide bonds. The lowest BCUT2D eigenvalue weighted by molar-refractivity contribution is -0.131. The van der Waals surface area contributed by atoms with Crippen molar-refractivity contribution in [3.05, 3.63) is 18.2 Å². The van der Waals surface area contributed by atoms with Gasteiger partial charge in [-0.25, -0.2) is 4.79 Å². The van der Waals surface area contributed by atoms with E-state index in [1.807, 2.05) is 18.7 Å². The van der Waals surface area contributed by atoms with Crippen LogP contribution in [0.4, 0.5) is 10.5 Å². The highest BCUT2D eigenvalue weighted by atomic mass is 16.5. The van der Waals surface area contributed by atoms with Gasteiger partial charge in [0.2, 0.25) is 5.91 Å². The summed E-state index contributed by atoms with van der Waals surface area (Å²) in [5.41, 5.74) is 0.379. The number of carbonyl (C=O) groups excluding carboxylic acids is 2. The van der Waals surface area contributed by atoms with Crippen LogP contribution in [0.15, 0.2) is 18.2 Å². The first-order chi connectivity index (χ1) is 14.8. The van der Waals surface area contributed by atoms with Crippen molar-refractivity contribution in [2.24, 2.45) is 5.92 Å². The van der Waals surface area contributed by atoms with E-state index in [9.17, 15) is 9.59 Å². The quantitative estimate of drug-likeness (QED) is 0.718. The van der Waals surface area contributed by atoms with Crippen molar-refractivity contribution >= 4 is 17.6 Å². The number of piperidine rings is 1. The Morgan fingerprint density at radius 3 is 2.61 bits per heavy atom. The maximum absolute atomic E-state index is 12.8. The summed E-state index contributed by atoms with van der Waals surface area (Å²) >= 11 is 0. The molecule has 2 heterocycles. The topological polar surface area (TPSA) is 89.1 Å². The third kappa shape index (κ3) is 6.03. The Morgan fingerprint density at radius 1 is 1.23 bits per heavy atom. The number of rotatable bonds is 6. The molecule has 8 nitrogen and oxygen atoms in total. The van der Waals surface area contributed by atoms with Crippen LogP contribution in [0.1, 0.15) is 46.0 Å². The molecule has 1 aromatic carbocycles. The van der Waals surface area contributed by atoms with Crippen molar-refractivity contribution in [3.8, 4) is 11.5 Å². The van der Waals surface area contributed by atoms with Gasteiger partial charge in [-0.3, -0.25) is 4.79 Å². The van der Waals surface area contributed by atoms with E-state index in [0.29, 0.717) is 43.3 Å². The minimum atomic E-state index is -0.231. The number of nitrogens with one attached hydrogen (secondary N) is 2. The average Bonchev–Trinajstić information content (AvgIpc) is 2.73. The number of urea groups is 1. The van der Waals surface area contributed by atoms with Crippen LogP contribution in [-0.4, -0.2) is 62.4 Å². The average molecular weight is 434 g/mol. The van der Waals surface area contributed by atoms with E-state index in [1.54, 1.807) is 32.4 Å². The van der Waals surface area contributed by atoms with Crippen LogP contribution in [0.25, 0.3) is 0 Å². The zero-order valence-electron chi connectivity index (χ0n) is 19.0. The molecule has 1 aromatic rings. The molecule has 31 heavy (non-hydrogen) atoms. The first-order valence-corrected chi connectivity index (χ1v) is 11.1. The lowest BCUT2D eigenvalue weighted by atomic mass is 9.78. The van der Waals surface area contributed by atoms with Crippen LogP contribution in [0.2, 0.25) is 0 Å². The normalized spacial score (nSPS) is 20.4. The molecule has 1 spiro atoms. The number of ether oxygens (including phenoxy) is 3. The Hall–Kier alpha value is -2.48. The molecule has 0 aliphatic carbocycles. The SMILES string of the molecule is COc1ccc(OC)c(NC(=O)CC2CCOC3(CCN(C(=O)NC(C)C)CC3)C2)c1. The van der Waals surface area contributed by atoms with Crippen molar-refractivity contribution < 1.29 is 23.8 Å². The fourth-order valence-corrected chi connectivity index (χ4v) is 4.48. The summed E-state index contributed by atoms with van der Waals surface area (Å²) in [7, 11) is 3.17. The molecule has 2 fully saturated rings. The van der Waals surface area contributed by atoms with Gasteiger partial charge in [0.1, 0.15) is 11.5 Å². The van der Waals surface area contributed by atoms with Gasteiger partial charge < -0.3 is 29.7 Å². The Bertz CT molecular complexity index is 774. The summed E-state index contributed by atoms with van der Waals surface area (Å²) in [6.45, 7) is 5.93. The minimum absolute atomic E-state index is 0.0103. The molecule has 0 radical (unpaired) electrons. The molecule has 1 atom stereocenters. The molecule has 2 N–H and O–H groups in total. The highest BCUT2D eigenvalue weighted by molar-refractivity contribution is 5.92. The minimum Gasteiger partial charge on any atom is -0.497 e. The lowest BCUT2D eigenvalue weighted by Gasteiger charge is -2.46. The van der Waals surface area contributed by atoms with E-state index >= 15 is 0 Å². The van der Waals surface area contributed by atoms with E-state index in [2.05, 4.69) is 10.6 Å². The summed E-state index contributed by atoms with van der Waals surface area (Å²) in [4.78, 5) is 26.9. The van der Waals surface area contributed by atoms with Gasteiger partial charge in [-0.2, -0.15) is 0 Å². The van der Waals surface area contributed by atoms with Crippen LogP contribution < -0.4 is 20.1 Å². The number of methoxy groups -OCH3 is 2. The maximum Gasteiger partial charge on any atom is 0.317 e. The first kappa shape index (κ1) is 23.2. The fraction of sp³-hybridized carbons (Fsp3) is 0.652. The second kappa shape index (κ2) is 10.2. The molecule has 8 heteroatoms. The number of hydrogen-bond donors (Lipinski definition) is 2. The second-order valence-electron chi connectivity index (χ2n) is 8.80. The molecule has 2 aliphatic rings. The largest absolute Gasteiger partial charge is 0.497 e. The molecular weight excluding hydrogens is 398 g/mol. The van der Waals surface area contributed by atoms with Gasteiger partial charge in [-0.05, 0) is 57.6 Å². The molecule has 3 rings (SSSR count). The van der Waals surface area contributed by atoms with Crippen molar-refractivity contribution in [1.82, 2.24) is 10.2 Å². The van der Waals surface area contributed by atoms with Crippen molar-refractivity contribution in [1.29, 1.82) is 0 Å². The van der Waals surface area contributed by atoms with Gasteiger partial charge in [-0.1, -0.05) is 0 Å². The van der Waals surface area contributed by atoms with Gasteiger partial charge in [-0.15, -0.1) is 0 Å². The smallest absolute Gasteiger partial charge is 0.317 e. The zero-order chi connectivity index (χ0) is 22.4. The molecular formula is C23H35N3O5. The molecule has 2 saturated heterocycles. The molecule has 0 saturated carbocycles. The number of anilines is 1. The molecule has 172 valence electrons. The number of nitrogens with zero attached hydrogens (tertiary/aromatic N) is 1. The standard InChI is InChI=1S/C23H35N3O5/c1-16(2)24-22(28)26-10-8-23(9-11-26)15-17(7-12-31-23)13-21(27)25-19-14-18(29-3)5-6-20(19)30-4/h5-6,14,16-17H,7-13,15H2,1-4H3,(H,24,28)(H,25,27). The van der Waals surface area contributed by atoms with Crippen LogP contribution in [0.5, 0.6) is 11.5 Å². The summed E-state index contributed by atoms with van der Waals surface area (Å²) in [5.74, 6) is 1.47. The van der Waals surface area contributed by atoms with Gasteiger partial charge in [0.25, 0.3) is 0 Å². The van der Waals surface area contributed by atoms with Gasteiger partial charge in [0.05, 0.1) is 25.5 Å². The summed E-state index contributed by atoms with van der Waals surface area (Å²) in [5, 5.41) is 5.92. The fourth-order valence-electron chi connectivity index (χ4n) is 4.48. The zero-order valence-corrected chi connectivity index (χ0v) is 19.0. The Balaban J connectivity index is 1.54. The van der Waals surface area contributed by atoms with Crippen LogP contribution in [0, 0.1) is 5.92 Å². The van der Waals surface area contributed by atoms with E-state index in [4.69, 9.17) is 14.2 Å². The Morgan fingerprint density at radius 2 is 1.97 bits per heavy atom. The summed E-state index contributed by atoms with van der Waals surface area (Å²) in [6.07, 6.45) is 3.75. The number of likely N-dealkylation sites (tertiary alicyclic amines) is 1. The molecule has 0 bridgehead atoms. The van der Waals surface area contributed by atoms with E-state index in [-0.39, 0.29) is 29.5 Å². The summed E-state index contributed by atoms with van der Waals surface area (Å²) < 4.78 is 16.8. The van der Waals surface area contributed by atoms with E-state index in [1.165, 1.54) is 0 Å².